The predicted octanol–water partition coefficient (Wildman–Crippen LogP) is 5.72. The molecule has 0 bridgehead atoms. The summed E-state index contributed by atoms with van der Waals surface area (Å²) in [6, 6.07) is 12.3. The van der Waals surface area contributed by atoms with Gasteiger partial charge in [-0.2, -0.15) is 13.2 Å². The van der Waals surface area contributed by atoms with E-state index in [4.69, 9.17) is 4.74 Å². The summed E-state index contributed by atoms with van der Waals surface area (Å²) in [6.07, 6.45) is -4.27. The fraction of sp³-hybridized carbons (Fsp3) is 0.269. The van der Waals surface area contributed by atoms with Gasteiger partial charge in [-0.05, 0) is 47.9 Å². The average Bonchev–Trinajstić information content (AvgIpc) is 3.25. The van der Waals surface area contributed by atoms with E-state index in [1.54, 1.807) is 44.2 Å². The molecule has 10 heteroatoms. The summed E-state index contributed by atoms with van der Waals surface area (Å²) in [5, 5.41) is 19.7. The van der Waals surface area contributed by atoms with E-state index in [2.05, 4.69) is 10.2 Å². The number of ether oxygens (including phenoxy) is 1. The highest BCUT2D eigenvalue weighted by Crippen LogP contribution is 2.41. The van der Waals surface area contributed by atoms with E-state index >= 15 is 0 Å². The van der Waals surface area contributed by atoms with Gasteiger partial charge in [-0.25, -0.2) is 4.39 Å². The van der Waals surface area contributed by atoms with Crippen molar-refractivity contribution in [2.75, 3.05) is 7.11 Å². The molecular weight excluding hydrogens is 478 g/mol. The fourth-order valence-corrected chi connectivity index (χ4v) is 4.11. The van der Waals surface area contributed by atoms with Crippen LogP contribution in [-0.2, 0) is 27.5 Å². The lowest BCUT2D eigenvalue weighted by Gasteiger charge is -2.28. The van der Waals surface area contributed by atoms with Crippen LogP contribution in [-0.4, -0.2) is 33.2 Å². The van der Waals surface area contributed by atoms with Crippen molar-refractivity contribution in [3.05, 3.63) is 82.7 Å². The first-order chi connectivity index (χ1) is 16.9. The molecule has 1 N–H and O–H groups in total. The number of nitrogens with zero attached hydrogens (tertiary/aromatic N) is 3. The molecule has 0 unspecified atom stereocenters. The smallest absolute Gasteiger partial charge is 0.416 e. The number of hydrogen-bond acceptors (Lipinski definition) is 5. The minimum absolute atomic E-state index is 0.0147. The van der Waals surface area contributed by atoms with Crippen molar-refractivity contribution in [1.29, 1.82) is 0 Å². The summed E-state index contributed by atoms with van der Waals surface area (Å²) in [4.78, 5) is 12.8. The Kier molecular flexibility index (Phi) is 6.46. The van der Waals surface area contributed by atoms with Gasteiger partial charge in [-0.15, -0.1) is 15.0 Å². The van der Waals surface area contributed by atoms with Crippen molar-refractivity contribution in [1.82, 2.24) is 15.0 Å². The highest BCUT2D eigenvalue weighted by Gasteiger charge is 2.32. The number of phenolic OH excluding ortho intramolecular Hbond substituents is 1. The zero-order valence-electron chi connectivity index (χ0n) is 19.7. The van der Waals surface area contributed by atoms with Crippen LogP contribution in [0.25, 0.3) is 16.7 Å². The largest absolute Gasteiger partial charge is 0.505 e. The molecule has 4 aromatic rings. The van der Waals surface area contributed by atoms with Gasteiger partial charge in [0.05, 0.1) is 12.7 Å². The Bertz CT molecular complexity index is 1440. The third kappa shape index (κ3) is 4.75. The Morgan fingerprint density at radius 3 is 2.36 bits per heavy atom. The number of phenols is 1. The number of carbonyl (C=O) groups is 1. The Hall–Kier alpha value is -3.95. The normalized spacial score (nSPS) is 12.2. The lowest BCUT2D eigenvalue weighted by Crippen LogP contribution is -2.22. The van der Waals surface area contributed by atoms with Gasteiger partial charge >= 0.3 is 12.1 Å². The molecule has 0 saturated heterocycles. The minimum atomic E-state index is -4.55. The van der Waals surface area contributed by atoms with E-state index in [0.717, 1.165) is 16.9 Å². The number of aromatic nitrogens is 3. The number of aryl methyl sites for hydroxylation is 1. The molecule has 0 spiro atoms. The molecule has 1 heterocycles. The molecule has 1 aromatic heterocycles. The standard InChI is InChI=1S/C26H23F4N3O3/c1-25(2,17-6-4-5-7-19(17)27)18-12-15(8-11-23(34)36-3)13-22(24(18)35)33-31-20-10-9-16(26(28,29)30)14-21(20)32-33/h4-7,9-10,12-14,35H,8,11H2,1-3H3. The lowest BCUT2D eigenvalue weighted by atomic mass is 9.76. The summed E-state index contributed by atoms with van der Waals surface area (Å²) in [6.45, 7) is 3.47. The zero-order chi connectivity index (χ0) is 26.3. The summed E-state index contributed by atoms with van der Waals surface area (Å²) >= 11 is 0. The molecular formula is C26H23F4N3O3. The van der Waals surface area contributed by atoms with Gasteiger partial charge in [0.15, 0.2) is 0 Å². The van der Waals surface area contributed by atoms with Crippen LogP contribution < -0.4 is 0 Å². The van der Waals surface area contributed by atoms with Gasteiger partial charge in [-0.3, -0.25) is 4.79 Å². The molecule has 4 rings (SSSR count). The number of methoxy groups -OCH3 is 1. The number of fused-ring (bicyclic) bond motifs is 1. The van der Waals surface area contributed by atoms with Gasteiger partial charge in [0, 0.05) is 17.4 Å². The molecule has 36 heavy (non-hydrogen) atoms. The van der Waals surface area contributed by atoms with Crippen LogP contribution in [0.3, 0.4) is 0 Å². The molecule has 0 fully saturated rings. The van der Waals surface area contributed by atoms with Crippen LogP contribution in [0.4, 0.5) is 17.6 Å². The fourth-order valence-electron chi connectivity index (χ4n) is 4.11. The van der Waals surface area contributed by atoms with E-state index in [-0.39, 0.29) is 35.3 Å². The minimum Gasteiger partial charge on any atom is -0.505 e. The van der Waals surface area contributed by atoms with E-state index < -0.39 is 28.9 Å². The van der Waals surface area contributed by atoms with Gasteiger partial charge in [0.1, 0.15) is 28.3 Å². The summed E-state index contributed by atoms with van der Waals surface area (Å²) < 4.78 is 58.9. The number of alkyl halides is 3. The maximum Gasteiger partial charge on any atom is 0.416 e. The molecule has 6 nitrogen and oxygen atoms in total. The van der Waals surface area contributed by atoms with Gasteiger partial charge < -0.3 is 9.84 Å². The molecule has 0 saturated carbocycles. The molecule has 3 aromatic carbocycles. The Morgan fingerprint density at radius 1 is 1.00 bits per heavy atom. The van der Waals surface area contributed by atoms with Crippen molar-refractivity contribution in [3.8, 4) is 11.4 Å². The number of hydrogen-bond donors (Lipinski definition) is 1. The Labute approximate surface area is 204 Å². The maximum absolute atomic E-state index is 14.7. The Morgan fingerprint density at radius 2 is 1.69 bits per heavy atom. The van der Waals surface area contributed by atoms with Crippen molar-refractivity contribution < 1.29 is 32.2 Å². The van der Waals surface area contributed by atoms with Crippen LogP contribution in [0.5, 0.6) is 5.75 Å². The number of halogens is 4. The molecule has 0 atom stereocenters. The van der Waals surface area contributed by atoms with E-state index in [1.807, 2.05) is 0 Å². The van der Waals surface area contributed by atoms with E-state index in [9.17, 15) is 27.5 Å². The third-order valence-electron chi connectivity index (χ3n) is 6.14. The SMILES string of the molecule is COC(=O)CCc1cc(-n2nc3ccc(C(F)(F)F)cc3n2)c(O)c(C(C)(C)c2ccccc2F)c1. The second-order valence-electron chi connectivity index (χ2n) is 8.88. The first-order valence-corrected chi connectivity index (χ1v) is 11.0. The first-order valence-electron chi connectivity index (χ1n) is 11.0. The number of esters is 1. The quantitative estimate of drug-likeness (QED) is 0.270. The lowest BCUT2D eigenvalue weighted by molar-refractivity contribution is -0.140. The van der Waals surface area contributed by atoms with Gasteiger partial charge in [0.25, 0.3) is 0 Å². The van der Waals surface area contributed by atoms with Gasteiger partial charge in [-0.1, -0.05) is 38.1 Å². The van der Waals surface area contributed by atoms with Crippen molar-refractivity contribution in [2.24, 2.45) is 0 Å². The number of carbonyl (C=O) groups excluding carboxylic acids is 1. The first kappa shape index (κ1) is 25.2. The average molecular weight is 501 g/mol. The highest BCUT2D eigenvalue weighted by molar-refractivity contribution is 5.75. The molecule has 0 amide bonds. The number of aromatic hydroxyl groups is 1. The van der Waals surface area contributed by atoms with Gasteiger partial charge in [0.2, 0.25) is 0 Å². The van der Waals surface area contributed by atoms with E-state index in [1.165, 1.54) is 19.2 Å². The monoisotopic (exact) mass is 501 g/mol. The third-order valence-corrected chi connectivity index (χ3v) is 6.14. The topological polar surface area (TPSA) is 77.2 Å². The maximum atomic E-state index is 14.7. The Balaban J connectivity index is 1.89. The molecule has 0 aliphatic heterocycles. The molecule has 0 radical (unpaired) electrons. The van der Waals surface area contributed by atoms with Crippen molar-refractivity contribution in [3.63, 3.8) is 0 Å². The number of rotatable bonds is 6. The summed E-state index contributed by atoms with van der Waals surface area (Å²) in [5.74, 6) is -1.17. The second-order valence-corrected chi connectivity index (χ2v) is 8.88. The van der Waals surface area contributed by atoms with Crippen LogP contribution in [0, 0.1) is 5.82 Å². The van der Waals surface area contributed by atoms with Crippen LogP contribution >= 0.6 is 0 Å². The predicted molar refractivity (Wildman–Crippen MR) is 124 cm³/mol. The van der Waals surface area contributed by atoms with Crippen LogP contribution in [0.15, 0.2) is 54.6 Å². The molecule has 188 valence electrons. The van der Waals surface area contributed by atoms with E-state index in [0.29, 0.717) is 16.7 Å². The second kappa shape index (κ2) is 9.25. The zero-order valence-corrected chi connectivity index (χ0v) is 19.7. The number of benzene rings is 3. The highest BCUT2D eigenvalue weighted by atomic mass is 19.4. The summed E-state index contributed by atoms with van der Waals surface area (Å²) in [5.41, 5.74) is -0.379. The summed E-state index contributed by atoms with van der Waals surface area (Å²) in [7, 11) is 1.27. The van der Waals surface area contributed by atoms with Crippen molar-refractivity contribution >= 4 is 17.0 Å². The van der Waals surface area contributed by atoms with Crippen molar-refractivity contribution in [2.45, 2.75) is 38.3 Å². The van der Waals surface area contributed by atoms with Crippen LogP contribution in [0.1, 0.15) is 42.5 Å². The van der Waals surface area contributed by atoms with Crippen LogP contribution in [0.2, 0.25) is 0 Å². The molecule has 0 aliphatic carbocycles. The molecule has 0 aliphatic rings.